The lowest BCUT2D eigenvalue weighted by atomic mass is 10.1. The first-order chi connectivity index (χ1) is 12.1. The molecule has 0 bridgehead atoms. The fourth-order valence-electron chi connectivity index (χ4n) is 2.19. The molecule has 0 aliphatic heterocycles. The first-order valence-electron chi connectivity index (χ1n) is 7.95. The zero-order chi connectivity index (χ0) is 18.1. The van der Waals surface area contributed by atoms with E-state index in [0.29, 0.717) is 36.6 Å². The van der Waals surface area contributed by atoms with E-state index in [-0.39, 0.29) is 24.0 Å². The van der Waals surface area contributed by atoms with Crippen molar-refractivity contribution in [2.75, 3.05) is 27.3 Å². The molecule has 0 fully saturated rings. The summed E-state index contributed by atoms with van der Waals surface area (Å²) in [5, 5.41) is 6.93. The lowest BCUT2D eigenvalue weighted by Crippen LogP contribution is -2.39. The molecule has 0 saturated heterocycles. The van der Waals surface area contributed by atoms with Crippen molar-refractivity contribution in [3.8, 4) is 11.6 Å². The van der Waals surface area contributed by atoms with E-state index >= 15 is 0 Å². The van der Waals surface area contributed by atoms with Crippen LogP contribution in [0.1, 0.15) is 11.1 Å². The maximum absolute atomic E-state index is 5.99. The van der Waals surface area contributed by atoms with Crippen molar-refractivity contribution >= 4 is 41.5 Å². The predicted molar refractivity (Wildman–Crippen MR) is 116 cm³/mol. The molecule has 6 nitrogen and oxygen atoms in total. The molecule has 2 rings (SSSR count). The van der Waals surface area contributed by atoms with E-state index in [1.165, 1.54) is 0 Å². The Morgan fingerprint density at radius 1 is 1.27 bits per heavy atom. The van der Waals surface area contributed by atoms with Crippen LogP contribution < -0.4 is 20.1 Å². The lowest BCUT2D eigenvalue weighted by molar-refractivity contribution is 0.310. The van der Waals surface area contributed by atoms with Crippen LogP contribution in [0.25, 0.3) is 0 Å². The molecular formula is C18H24ClIN4O2. The third-order valence-corrected chi connectivity index (χ3v) is 3.76. The molecule has 0 amide bonds. The van der Waals surface area contributed by atoms with Crippen molar-refractivity contribution in [3.63, 3.8) is 0 Å². The minimum absolute atomic E-state index is 0. The number of methoxy groups -OCH3 is 1. The molecule has 0 radical (unpaired) electrons. The van der Waals surface area contributed by atoms with Crippen LogP contribution in [0.15, 0.2) is 41.5 Å². The molecule has 0 saturated carbocycles. The Hall–Kier alpha value is -1.74. The van der Waals surface area contributed by atoms with Gasteiger partial charge in [-0.1, -0.05) is 23.7 Å². The Kier molecular flexibility index (Phi) is 10.1. The normalized spacial score (nSPS) is 10.7. The second-order valence-corrected chi connectivity index (χ2v) is 5.71. The number of aromatic nitrogens is 1. The van der Waals surface area contributed by atoms with Crippen molar-refractivity contribution in [3.05, 3.63) is 52.7 Å². The minimum Gasteiger partial charge on any atom is -0.496 e. The highest BCUT2D eigenvalue weighted by molar-refractivity contribution is 14.0. The third-order valence-electron chi connectivity index (χ3n) is 3.47. The van der Waals surface area contributed by atoms with E-state index in [9.17, 15) is 0 Å². The maximum atomic E-state index is 5.99. The molecule has 1 aromatic carbocycles. The van der Waals surface area contributed by atoms with Crippen LogP contribution in [0, 0.1) is 6.92 Å². The number of rotatable bonds is 7. The summed E-state index contributed by atoms with van der Waals surface area (Å²) in [4.78, 5) is 8.27. The van der Waals surface area contributed by atoms with Crippen molar-refractivity contribution < 1.29 is 9.47 Å². The first-order valence-corrected chi connectivity index (χ1v) is 8.33. The number of benzene rings is 1. The topological polar surface area (TPSA) is 67.8 Å². The average Bonchev–Trinajstić information content (AvgIpc) is 2.63. The molecule has 26 heavy (non-hydrogen) atoms. The molecule has 0 unspecified atom stereocenters. The molecule has 142 valence electrons. The molecule has 2 N–H and O–H groups in total. The summed E-state index contributed by atoms with van der Waals surface area (Å²) in [6.07, 6.45) is 1.64. The van der Waals surface area contributed by atoms with Gasteiger partial charge in [0.1, 0.15) is 17.4 Å². The Bertz CT molecular complexity index is 728. The summed E-state index contributed by atoms with van der Waals surface area (Å²) in [6, 6.07) is 9.61. The van der Waals surface area contributed by atoms with Crippen LogP contribution in [-0.2, 0) is 6.54 Å². The molecule has 8 heteroatoms. The van der Waals surface area contributed by atoms with Crippen LogP contribution in [0.2, 0.25) is 5.02 Å². The van der Waals surface area contributed by atoms with Gasteiger partial charge in [0.05, 0.1) is 13.7 Å². The molecule has 0 aliphatic rings. The monoisotopic (exact) mass is 490 g/mol. The number of nitrogens with zero attached hydrogens (tertiary/aromatic N) is 2. The van der Waals surface area contributed by atoms with E-state index in [1.54, 1.807) is 32.5 Å². The molecule has 0 atom stereocenters. The lowest BCUT2D eigenvalue weighted by Gasteiger charge is -2.14. The average molecular weight is 491 g/mol. The highest BCUT2D eigenvalue weighted by atomic mass is 127. The molecular weight excluding hydrogens is 467 g/mol. The number of hydrogen-bond donors (Lipinski definition) is 2. The Morgan fingerprint density at radius 3 is 2.77 bits per heavy atom. The van der Waals surface area contributed by atoms with Gasteiger partial charge in [-0.05, 0) is 30.7 Å². The summed E-state index contributed by atoms with van der Waals surface area (Å²) >= 11 is 5.99. The smallest absolute Gasteiger partial charge is 0.232 e. The number of aryl methyl sites for hydroxylation is 1. The molecule has 1 aromatic heterocycles. The van der Waals surface area contributed by atoms with Gasteiger partial charge in [-0.15, -0.1) is 24.0 Å². The fraction of sp³-hybridized carbons (Fsp3) is 0.333. The van der Waals surface area contributed by atoms with Gasteiger partial charge in [0, 0.05) is 25.4 Å². The number of aliphatic imine (C=N–C) groups is 1. The Morgan fingerprint density at radius 2 is 2.08 bits per heavy atom. The summed E-state index contributed by atoms with van der Waals surface area (Å²) in [6.45, 7) is 3.63. The van der Waals surface area contributed by atoms with E-state index in [2.05, 4.69) is 26.7 Å². The van der Waals surface area contributed by atoms with Gasteiger partial charge in [-0.2, -0.15) is 0 Å². The van der Waals surface area contributed by atoms with Gasteiger partial charge in [-0.25, -0.2) is 4.98 Å². The Labute approximate surface area is 176 Å². The van der Waals surface area contributed by atoms with E-state index in [1.807, 2.05) is 19.1 Å². The number of halogens is 2. The van der Waals surface area contributed by atoms with Crippen molar-refractivity contribution in [2.45, 2.75) is 13.5 Å². The summed E-state index contributed by atoms with van der Waals surface area (Å²) in [7, 11) is 3.39. The highest BCUT2D eigenvalue weighted by Crippen LogP contribution is 2.20. The first kappa shape index (κ1) is 22.3. The van der Waals surface area contributed by atoms with Crippen molar-refractivity contribution in [1.82, 2.24) is 15.6 Å². The fourth-order valence-corrected chi connectivity index (χ4v) is 2.37. The van der Waals surface area contributed by atoms with E-state index < -0.39 is 0 Å². The zero-order valence-electron chi connectivity index (χ0n) is 15.1. The van der Waals surface area contributed by atoms with Crippen LogP contribution >= 0.6 is 35.6 Å². The van der Waals surface area contributed by atoms with Crippen LogP contribution in [0.4, 0.5) is 0 Å². The van der Waals surface area contributed by atoms with Gasteiger partial charge in [-0.3, -0.25) is 4.99 Å². The van der Waals surface area contributed by atoms with Crippen LogP contribution in [0.3, 0.4) is 0 Å². The standard InChI is InChI=1S/C18H23ClN4O2.HI/c1-13-6-7-14(16(11-13)24-3)12-23-18(20-2)22-9-10-25-17-15(19)5-4-8-21-17;/h4-8,11H,9-10,12H2,1-3H3,(H2,20,22,23);1H. The largest absolute Gasteiger partial charge is 0.496 e. The number of pyridine rings is 1. The molecule has 0 spiro atoms. The number of ether oxygens (including phenoxy) is 2. The van der Waals surface area contributed by atoms with Gasteiger partial charge in [0.15, 0.2) is 5.96 Å². The van der Waals surface area contributed by atoms with Gasteiger partial charge >= 0.3 is 0 Å². The number of guanidine groups is 1. The number of nitrogens with one attached hydrogen (secondary N) is 2. The predicted octanol–water partition coefficient (Wildman–Crippen LogP) is 3.41. The van der Waals surface area contributed by atoms with E-state index in [0.717, 1.165) is 16.9 Å². The number of hydrogen-bond acceptors (Lipinski definition) is 4. The maximum Gasteiger partial charge on any atom is 0.232 e. The second kappa shape index (κ2) is 11.8. The van der Waals surface area contributed by atoms with Gasteiger partial charge < -0.3 is 20.1 Å². The SMILES string of the molecule is CN=C(NCCOc1ncccc1Cl)NCc1ccc(C)cc1OC.I. The Balaban J connectivity index is 0.00000338. The highest BCUT2D eigenvalue weighted by Gasteiger charge is 2.05. The van der Waals surface area contributed by atoms with E-state index in [4.69, 9.17) is 21.1 Å². The van der Waals surface area contributed by atoms with Crippen LogP contribution in [-0.4, -0.2) is 38.3 Å². The second-order valence-electron chi connectivity index (χ2n) is 5.31. The molecule has 0 aliphatic carbocycles. The summed E-state index contributed by atoms with van der Waals surface area (Å²) < 4.78 is 10.9. The van der Waals surface area contributed by atoms with Gasteiger partial charge in [0.25, 0.3) is 0 Å². The molecule has 1 heterocycles. The quantitative estimate of drug-likeness (QED) is 0.269. The van der Waals surface area contributed by atoms with Crippen molar-refractivity contribution in [2.24, 2.45) is 4.99 Å². The third kappa shape index (κ3) is 6.87. The summed E-state index contributed by atoms with van der Waals surface area (Å²) in [5.74, 6) is 1.97. The minimum atomic E-state index is 0. The zero-order valence-corrected chi connectivity index (χ0v) is 18.2. The van der Waals surface area contributed by atoms with Gasteiger partial charge in [0.2, 0.25) is 5.88 Å². The van der Waals surface area contributed by atoms with Crippen LogP contribution in [0.5, 0.6) is 11.6 Å². The summed E-state index contributed by atoms with van der Waals surface area (Å²) in [5.41, 5.74) is 2.22. The van der Waals surface area contributed by atoms with Crippen molar-refractivity contribution in [1.29, 1.82) is 0 Å². The molecule has 2 aromatic rings.